The van der Waals surface area contributed by atoms with Gasteiger partial charge in [-0.3, -0.25) is 0 Å². The summed E-state index contributed by atoms with van der Waals surface area (Å²) in [6.07, 6.45) is 3.81. The molecule has 4 rings (SSSR count). The van der Waals surface area contributed by atoms with Crippen molar-refractivity contribution < 1.29 is 0 Å². The topological polar surface area (TPSA) is 46.3 Å². The van der Waals surface area contributed by atoms with Crippen LogP contribution < -0.4 is 4.90 Å². The van der Waals surface area contributed by atoms with Crippen LogP contribution in [0.15, 0.2) is 36.4 Å². The van der Waals surface area contributed by atoms with Gasteiger partial charge in [0.2, 0.25) is 0 Å². The lowest BCUT2D eigenvalue weighted by Crippen LogP contribution is -2.19. The van der Waals surface area contributed by atoms with E-state index in [1.54, 1.807) is 0 Å². The van der Waals surface area contributed by atoms with E-state index >= 15 is 0 Å². The van der Waals surface area contributed by atoms with Gasteiger partial charge in [0.1, 0.15) is 0 Å². The molecule has 0 bridgehead atoms. The van der Waals surface area contributed by atoms with Crippen LogP contribution in [0.1, 0.15) is 30.7 Å². The molecule has 0 radical (unpaired) electrons. The van der Waals surface area contributed by atoms with Gasteiger partial charge in [-0.25, -0.2) is 0 Å². The second-order valence-corrected chi connectivity index (χ2v) is 6.11. The zero-order valence-electron chi connectivity index (χ0n) is 12.9. The van der Waals surface area contributed by atoms with Crippen molar-refractivity contribution in [2.75, 3.05) is 19.0 Å². The van der Waals surface area contributed by atoms with Crippen molar-refractivity contribution in [2.45, 2.75) is 25.2 Å². The molecule has 0 saturated heterocycles. The first-order chi connectivity index (χ1) is 10.7. The second-order valence-electron chi connectivity index (χ2n) is 6.11. The van der Waals surface area contributed by atoms with Gasteiger partial charge in [-0.15, -0.1) is 15.3 Å². The predicted molar refractivity (Wildman–Crippen MR) is 87.1 cm³/mol. The maximum Gasteiger partial charge on any atom is 0.185 e. The number of aromatic nitrogens is 4. The van der Waals surface area contributed by atoms with Crippen molar-refractivity contribution in [3.8, 4) is 11.4 Å². The van der Waals surface area contributed by atoms with E-state index in [0.29, 0.717) is 5.92 Å². The Bertz CT molecular complexity index is 803. The number of nitrogens with zero attached hydrogens (tertiary/aromatic N) is 5. The molecule has 3 aromatic rings. The molecular formula is C17H19N5. The van der Waals surface area contributed by atoms with Crippen LogP contribution >= 0.6 is 0 Å². The molecule has 5 heteroatoms. The molecular weight excluding hydrogens is 274 g/mol. The van der Waals surface area contributed by atoms with E-state index in [4.69, 9.17) is 5.10 Å². The lowest BCUT2D eigenvalue weighted by molar-refractivity contribution is 0.418. The fourth-order valence-corrected chi connectivity index (χ4v) is 2.97. The first-order valence-electron chi connectivity index (χ1n) is 7.73. The number of benzene rings is 1. The highest BCUT2D eigenvalue weighted by Gasteiger charge is 2.25. The largest absolute Gasteiger partial charge is 0.361 e. The molecule has 22 heavy (non-hydrogen) atoms. The molecule has 1 aliphatic rings. The first-order valence-corrected chi connectivity index (χ1v) is 7.73. The van der Waals surface area contributed by atoms with Crippen LogP contribution in [0, 0.1) is 0 Å². The molecule has 1 aromatic carbocycles. The highest BCUT2D eigenvalue weighted by molar-refractivity contribution is 5.61. The van der Waals surface area contributed by atoms with Gasteiger partial charge in [-0.1, -0.05) is 36.8 Å². The van der Waals surface area contributed by atoms with Gasteiger partial charge in [-0.2, -0.15) is 4.52 Å². The number of rotatable bonds is 3. The number of fused-ring (bicyclic) bond motifs is 1. The van der Waals surface area contributed by atoms with Crippen molar-refractivity contribution in [3.05, 3.63) is 42.0 Å². The van der Waals surface area contributed by atoms with E-state index in [9.17, 15) is 0 Å². The third kappa shape index (κ3) is 2.04. The smallest absolute Gasteiger partial charge is 0.185 e. The summed E-state index contributed by atoms with van der Waals surface area (Å²) >= 11 is 0. The number of hydrogen-bond acceptors (Lipinski definition) is 4. The summed E-state index contributed by atoms with van der Waals surface area (Å²) in [7, 11) is 4.09. The summed E-state index contributed by atoms with van der Waals surface area (Å²) in [5.74, 6) is 2.43. The standard InChI is InChI=1S/C17H19N5/c1-21(2)17-14(12-9-6-10-12)11-15-18-19-16(22(15)20-17)13-7-4-3-5-8-13/h3-5,7-8,11-12H,6,9-10H2,1-2H3. The van der Waals surface area contributed by atoms with E-state index in [0.717, 1.165) is 22.9 Å². The second kappa shape index (κ2) is 5.09. The van der Waals surface area contributed by atoms with E-state index in [1.165, 1.54) is 24.8 Å². The third-order valence-corrected chi connectivity index (χ3v) is 4.40. The fourth-order valence-electron chi connectivity index (χ4n) is 2.97. The summed E-state index contributed by atoms with van der Waals surface area (Å²) in [4.78, 5) is 2.09. The molecule has 112 valence electrons. The molecule has 0 spiro atoms. The quantitative estimate of drug-likeness (QED) is 0.744. The van der Waals surface area contributed by atoms with Gasteiger partial charge < -0.3 is 4.90 Å². The van der Waals surface area contributed by atoms with Gasteiger partial charge in [0.25, 0.3) is 0 Å². The third-order valence-electron chi connectivity index (χ3n) is 4.40. The Morgan fingerprint density at radius 3 is 2.50 bits per heavy atom. The van der Waals surface area contributed by atoms with Crippen molar-refractivity contribution in [2.24, 2.45) is 0 Å². The van der Waals surface area contributed by atoms with E-state index in [-0.39, 0.29) is 0 Å². The van der Waals surface area contributed by atoms with E-state index in [2.05, 4.69) is 21.2 Å². The van der Waals surface area contributed by atoms with Crippen LogP contribution in [0.3, 0.4) is 0 Å². The van der Waals surface area contributed by atoms with E-state index < -0.39 is 0 Å². The first kappa shape index (κ1) is 13.2. The monoisotopic (exact) mass is 293 g/mol. The molecule has 1 aliphatic carbocycles. The molecule has 0 atom stereocenters. The Balaban J connectivity index is 1.90. The minimum absolute atomic E-state index is 0.617. The van der Waals surface area contributed by atoms with Crippen LogP contribution in [0.2, 0.25) is 0 Å². The number of anilines is 1. The Morgan fingerprint density at radius 2 is 1.86 bits per heavy atom. The lowest BCUT2D eigenvalue weighted by Gasteiger charge is -2.29. The summed E-state index contributed by atoms with van der Waals surface area (Å²) < 4.78 is 1.85. The Morgan fingerprint density at radius 1 is 1.09 bits per heavy atom. The van der Waals surface area contributed by atoms with Crippen molar-refractivity contribution >= 4 is 11.5 Å². The highest BCUT2D eigenvalue weighted by atomic mass is 15.4. The van der Waals surface area contributed by atoms with Crippen LogP contribution in [0.4, 0.5) is 5.82 Å². The highest BCUT2D eigenvalue weighted by Crippen LogP contribution is 2.40. The maximum absolute atomic E-state index is 4.83. The molecule has 2 aromatic heterocycles. The minimum Gasteiger partial charge on any atom is -0.361 e. The van der Waals surface area contributed by atoms with Crippen LogP contribution in [0.5, 0.6) is 0 Å². The van der Waals surface area contributed by atoms with Gasteiger partial charge >= 0.3 is 0 Å². The van der Waals surface area contributed by atoms with Crippen molar-refractivity contribution in [3.63, 3.8) is 0 Å². The maximum atomic E-state index is 4.83. The average molecular weight is 293 g/mol. The number of hydrogen-bond donors (Lipinski definition) is 0. The summed E-state index contributed by atoms with van der Waals surface area (Å²) in [6.45, 7) is 0. The van der Waals surface area contributed by atoms with Gasteiger partial charge in [-0.05, 0) is 24.8 Å². The Kier molecular flexibility index (Phi) is 3.06. The predicted octanol–water partition coefficient (Wildman–Crippen LogP) is 3.12. The van der Waals surface area contributed by atoms with Crippen LogP contribution in [-0.4, -0.2) is 33.9 Å². The molecule has 5 nitrogen and oxygen atoms in total. The molecule has 0 N–H and O–H groups in total. The molecule has 1 fully saturated rings. The average Bonchev–Trinajstić information content (AvgIpc) is 2.88. The SMILES string of the molecule is CN(C)c1nn2c(-c3ccccc3)nnc2cc1C1CCC1. The Labute approximate surface area is 129 Å². The summed E-state index contributed by atoms with van der Waals surface area (Å²) in [6, 6.07) is 12.2. The minimum atomic E-state index is 0.617. The molecule has 1 saturated carbocycles. The van der Waals surface area contributed by atoms with Crippen molar-refractivity contribution in [1.82, 2.24) is 19.8 Å². The molecule has 0 aliphatic heterocycles. The fraction of sp³-hybridized carbons (Fsp3) is 0.353. The zero-order valence-corrected chi connectivity index (χ0v) is 12.9. The zero-order chi connectivity index (χ0) is 15.1. The van der Waals surface area contributed by atoms with Gasteiger partial charge in [0, 0.05) is 25.2 Å². The normalized spacial score (nSPS) is 15.0. The van der Waals surface area contributed by atoms with Gasteiger partial charge in [0.05, 0.1) is 0 Å². The molecule has 0 unspecified atom stereocenters. The molecule has 0 amide bonds. The summed E-state index contributed by atoms with van der Waals surface area (Å²) in [5, 5.41) is 13.5. The molecule has 2 heterocycles. The van der Waals surface area contributed by atoms with Gasteiger partial charge in [0.15, 0.2) is 17.3 Å². The van der Waals surface area contributed by atoms with E-state index in [1.807, 2.05) is 48.9 Å². The van der Waals surface area contributed by atoms with Crippen molar-refractivity contribution in [1.29, 1.82) is 0 Å². The van der Waals surface area contributed by atoms with Crippen LogP contribution in [-0.2, 0) is 0 Å². The lowest BCUT2D eigenvalue weighted by atomic mass is 9.80. The summed E-state index contributed by atoms with van der Waals surface area (Å²) in [5.41, 5.74) is 3.16. The van der Waals surface area contributed by atoms with Crippen LogP contribution in [0.25, 0.3) is 17.0 Å². The Hall–Kier alpha value is -2.43.